The van der Waals surface area contributed by atoms with Gasteiger partial charge in [0.15, 0.2) is 0 Å². The molecule has 2 N–H and O–H groups in total. The lowest BCUT2D eigenvalue weighted by Crippen LogP contribution is -2.23. The monoisotopic (exact) mass is 366 g/mol. The Morgan fingerprint density at radius 3 is 2.50 bits per heavy atom. The summed E-state index contributed by atoms with van der Waals surface area (Å²) in [7, 11) is 1.65. The van der Waals surface area contributed by atoms with Crippen LogP contribution in [0.1, 0.15) is 12.0 Å². The molecule has 2 aromatic rings. The Bertz CT molecular complexity index is 675. The summed E-state index contributed by atoms with van der Waals surface area (Å²) in [5.41, 5.74) is 1.80. The number of hydrogen-bond donors (Lipinski definition) is 2. The number of benzene rings is 2. The first kappa shape index (κ1) is 18.6. The van der Waals surface area contributed by atoms with Gasteiger partial charge in [-0.3, -0.25) is 4.79 Å². The number of rotatable bonds is 8. The molecule has 4 nitrogen and oxygen atoms in total. The molecular formula is C18H20Cl2N2O2. The number of anilines is 1. The minimum atomic E-state index is -0.0869. The van der Waals surface area contributed by atoms with Gasteiger partial charge in [-0.25, -0.2) is 0 Å². The third-order valence-corrected chi connectivity index (χ3v) is 4.03. The molecule has 0 unspecified atom stereocenters. The van der Waals surface area contributed by atoms with E-state index in [9.17, 15) is 4.79 Å². The summed E-state index contributed by atoms with van der Waals surface area (Å²) in [6, 6.07) is 12.9. The number of hydrogen-bond acceptors (Lipinski definition) is 3. The van der Waals surface area contributed by atoms with Crippen LogP contribution in [0.15, 0.2) is 42.5 Å². The molecule has 0 radical (unpaired) electrons. The highest BCUT2D eigenvalue weighted by Gasteiger charge is 2.06. The number of halogens is 2. The van der Waals surface area contributed by atoms with Gasteiger partial charge in [-0.1, -0.05) is 35.3 Å². The van der Waals surface area contributed by atoms with Crippen LogP contribution in [-0.2, 0) is 11.2 Å². The summed E-state index contributed by atoms with van der Waals surface area (Å²) in [5.74, 6) is 0.764. The zero-order valence-corrected chi connectivity index (χ0v) is 15.0. The van der Waals surface area contributed by atoms with E-state index in [1.54, 1.807) is 25.3 Å². The van der Waals surface area contributed by atoms with Crippen LogP contribution in [0.4, 0.5) is 5.69 Å². The van der Waals surface area contributed by atoms with Gasteiger partial charge in [0.2, 0.25) is 5.91 Å². The third kappa shape index (κ3) is 6.04. The van der Waals surface area contributed by atoms with Crippen molar-refractivity contribution in [3.63, 3.8) is 0 Å². The second-order valence-corrected chi connectivity index (χ2v) is 6.11. The zero-order valence-electron chi connectivity index (χ0n) is 13.4. The number of amides is 1. The van der Waals surface area contributed by atoms with E-state index in [4.69, 9.17) is 27.9 Å². The molecule has 0 saturated heterocycles. The average molecular weight is 367 g/mol. The number of ether oxygens (including phenoxy) is 1. The van der Waals surface area contributed by atoms with E-state index in [1.807, 2.05) is 24.3 Å². The first-order chi connectivity index (χ1) is 11.6. The van der Waals surface area contributed by atoms with E-state index < -0.39 is 0 Å². The Balaban J connectivity index is 1.65. The second kappa shape index (κ2) is 9.52. The predicted octanol–water partition coefficient (Wildman–Crippen LogP) is 4.16. The Morgan fingerprint density at radius 2 is 1.83 bits per heavy atom. The van der Waals surface area contributed by atoms with Gasteiger partial charge >= 0.3 is 0 Å². The van der Waals surface area contributed by atoms with E-state index in [1.165, 1.54) is 5.56 Å². The maximum Gasteiger partial charge on any atom is 0.225 e. The SMILES string of the molecule is COc1ccc(CCNCCC(=O)Nc2ccc(Cl)cc2Cl)cc1. The molecule has 0 aliphatic carbocycles. The van der Waals surface area contributed by atoms with Crippen LogP contribution in [0, 0.1) is 0 Å². The lowest BCUT2D eigenvalue weighted by molar-refractivity contribution is -0.116. The molecule has 0 saturated carbocycles. The second-order valence-electron chi connectivity index (χ2n) is 5.27. The van der Waals surface area contributed by atoms with Crippen molar-refractivity contribution in [2.75, 3.05) is 25.5 Å². The lowest BCUT2D eigenvalue weighted by Gasteiger charge is -2.08. The van der Waals surface area contributed by atoms with E-state index in [0.29, 0.717) is 28.7 Å². The number of carbonyl (C=O) groups excluding carboxylic acids is 1. The van der Waals surface area contributed by atoms with Crippen molar-refractivity contribution in [2.45, 2.75) is 12.8 Å². The summed E-state index contributed by atoms with van der Waals surface area (Å²) in [6.45, 7) is 1.41. The van der Waals surface area contributed by atoms with Crippen molar-refractivity contribution < 1.29 is 9.53 Å². The van der Waals surface area contributed by atoms with Gasteiger partial charge in [-0.2, -0.15) is 0 Å². The fourth-order valence-corrected chi connectivity index (χ4v) is 2.61. The van der Waals surface area contributed by atoms with Gasteiger partial charge in [0.05, 0.1) is 17.8 Å². The summed E-state index contributed by atoms with van der Waals surface area (Å²) >= 11 is 11.8. The molecule has 0 spiro atoms. The van der Waals surface area contributed by atoms with Gasteiger partial charge in [-0.15, -0.1) is 0 Å². The summed E-state index contributed by atoms with van der Waals surface area (Å²) in [4.78, 5) is 11.9. The molecule has 0 bridgehead atoms. The van der Waals surface area contributed by atoms with Crippen LogP contribution in [-0.4, -0.2) is 26.1 Å². The van der Waals surface area contributed by atoms with Crippen molar-refractivity contribution in [2.24, 2.45) is 0 Å². The molecule has 2 aromatic carbocycles. The van der Waals surface area contributed by atoms with Crippen molar-refractivity contribution >= 4 is 34.8 Å². The van der Waals surface area contributed by atoms with Gasteiger partial charge in [0.25, 0.3) is 0 Å². The average Bonchev–Trinajstić information content (AvgIpc) is 2.57. The highest BCUT2D eigenvalue weighted by atomic mass is 35.5. The quantitative estimate of drug-likeness (QED) is 0.689. The largest absolute Gasteiger partial charge is 0.497 e. The van der Waals surface area contributed by atoms with Crippen LogP contribution in [0.3, 0.4) is 0 Å². The lowest BCUT2D eigenvalue weighted by atomic mass is 10.1. The van der Waals surface area contributed by atoms with Gasteiger partial charge in [0, 0.05) is 18.0 Å². The van der Waals surface area contributed by atoms with Crippen LogP contribution in [0.5, 0.6) is 5.75 Å². The molecule has 0 heterocycles. The normalized spacial score (nSPS) is 10.5. The maximum absolute atomic E-state index is 11.9. The van der Waals surface area contributed by atoms with Crippen LogP contribution < -0.4 is 15.4 Å². The Labute approximate surface area is 152 Å². The molecule has 0 fully saturated rings. The van der Waals surface area contributed by atoms with Crippen molar-refractivity contribution in [3.05, 3.63) is 58.1 Å². The minimum Gasteiger partial charge on any atom is -0.497 e. The third-order valence-electron chi connectivity index (χ3n) is 3.48. The number of methoxy groups -OCH3 is 1. The molecule has 24 heavy (non-hydrogen) atoms. The fourth-order valence-electron chi connectivity index (χ4n) is 2.16. The molecule has 2 rings (SSSR count). The van der Waals surface area contributed by atoms with Crippen molar-refractivity contribution in [1.29, 1.82) is 0 Å². The van der Waals surface area contributed by atoms with Gasteiger partial charge in [-0.05, 0) is 48.9 Å². The van der Waals surface area contributed by atoms with E-state index >= 15 is 0 Å². The number of nitrogens with one attached hydrogen (secondary N) is 2. The smallest absolute Gasteiger partial charge is 0.225 e. The molecule has 0 aliphatic rings. The van der Waals surface area contributed by atoms with Crippen molar-refractivity contribution in [3.8, 4) is 5.75 Å². The summed E-state index contributed by atoms with van der Waals surface area (Å²) in [5, 5.41) is 7.01. The first-order valence-corrected chi connectivity index (χ1v) is 8.42. The molecule has 128 valence electrons. The predicted molar refractivity (Wildman–Crippen MR) is 99.3 cm³/mol. The van der Waals surface area contributed by atoms with Crippen molar-refractivity contribution in [1.82, 2.24) is 5.32 Å². The number of carbonyl (C=O) groups is 1. The van der Waals surface area contributed by atoms with Crippen LogP contribution >= 0.6 is 23.2 Å². The Kier molecular flexibility index (Phi) is 7.37. The Morgan fingerprint density at radius 1 is 1.08 bits per heavy atom. The van der Waals surface area contributed by atoms with E-state index in [0.717, 1.165) is 18.7 Å². The molecule has 0 aliphatic heterocycles. The summed E-state index contributed by atoms with van der Waals surface area (Å²) < 4.78 is 5.13. The molecule has 6 heteroatoms. The van der Waals surface area contributed by atoms with E-state index in [-0.39, 0.29) is 5.91 Å². The minimum absolute atomic E-state index is 0.0869. The summed E-state index contributed by atoms with van der Waals surface area (Å²) in [6.07, 6.45) is 1.27. The maximum atomic E-state index is 11.9. The molecule has 0 aromatic heterocycles. The molecule has 1 amide bonds. The topological polar surface area (TPSA) is 50.4 Å². The first-order valence-electron chi connectivity index (χ1n) is 7.67. The van der Waals surface area contributed by atoms with E-state index in [2.05, 4.69) is 10.6 Å². The van der Waals surface area contributed by atoms with Gasteiger partial charge in [0.1, 0.15) is 5.75 Å². The highest BCUT2D eigenvalue weighted by Crippen LogP contribution is 2.25. The molecular weight excluding hydrogens is 347 g/mol. The Hall–Kier alpha value is -1.75. The van der Waals surface area contributed by atoms with Crippen LogP contribution in [0.25, 0.3) is 0 Å². The zero-order chi connectivity index (χ0) is 17.4. The fraction of sp³-hybridized carbons (Fsp3) is 0.278. The van der Waals surface area contributed by atoms with Crippen LogP contribution in [0.2, 0.25) is 10.0 Å². The standard InChI is InChI=1S/C18H20Cl2N2O2/c1-24-15-5-2-13(3-6-15)8-10-21-11-9-18(23)22-17-7-4-14(19)12-16(17)20/h2-7,12,21H,8-11H2,1H3,(H,22,23). The highest BCUT2D eigenvalue weighted by molar-refractivity contribution is 6.36. The molecule has 0 atom stereocenters. The van der Waals surface area contributed by atoms with Gasteiger partial charge < -0.3 is 15.4 Å².